The molecule has 3 aromatic carbocycles. The van der Waals surface area contributed by atoms with Crippen LogP contribution in [0, 0.1) is 13.8 Å². The van der Waals surface area contributed by atoms with E-state index in [4.69, 9.17) is 0 Å². The van der Waals surface area contributed by atoms with Crippen molar-refractivity contribution >= 4 is 10.0 Å². The maximum absolute atomic E-state index is 13.5. The lowest BCUT2D eigenvalue weighted by Gasteiger charge is -2.25. The van der Waals surface area contributed by atoms with E-state index in [0.29, 0.717) is 29.8 Å². The van der Waals surface area contributed by atoms with Crippen molar-refractivity contribution in [3.63, 3.8) is 0 Å². The Balaban J connectivity index is 1.52. The number of aryl methyl sites for hydroxylation is 1. The van der Waals surface area contributed by atoms with Crippen LogP contribution in [0.4, 0.5) is 0 Å². The second-order valence-corrected chi connectivity index (χ2v) is 11.4. The summed E-state index contributed by atoms with van der Waals surface area (Å²) in [6.07, 6.45) is 3.81. The van der Waals surface area contributed by atoms with E-state index in [2.05, 4.69) is 37.3 Å². The summed E-state index contributed by atoms with van der Waals surface area (Å²) in [6.45, 7) is 5.14. The molecule has 2 bridgehead atoms. The van der Waals surface area contributed by atoms with Crippen molar-refractivity contribution in [3.05, 3.63) is 88.0 Å². The summed E-state index contributed by atoms with van der Waals surface area (Å²) in [5.41, 5.74) is 10.5. The predicted molar refractivity (Wildman–Crippen MR) is 124 cm³/mol. The molecule has 4 heteroatoms. The van der Waals surface area contributed by atoms with Gasteiger partial charge in [0.15, 0.2) is 0 Å². The average molecular weight is 430 g/mol. The van der Waals surface area contributed by atoms with E-state index >= 15 is 0 Å². The SMILES string of the molecule is Cc1ccc(S(=O)(=O)N2Cc3c(C)c4c(c(-c5ccccc5)c3C2)C2CCC4C2)cc1. The van der Waals surface area contributed by atoms with E-state index in [1.807, 2.05) is 19.1 Å². The Morgan fingerprint density at radius 1 is 0.806 bits per heavy atom. The second kappa shape index (κ2) is 6.78. The van der Waals surface area contributed by atoms with Gasteiger partial charge in [0.1, 0.15) is 0 Å². The molecule has 3 aromatic rings. The van der Waals surface area contributed by atoms with Crippen LogP contribution in [0.5, 0.6) is 0 Å². The topological polar surface area (TPSA) is 37.4 Å². The Hall–Kier alpha value is -2.43. The molecule has 0 N–H and O–H groups in total. The van der Waals surface area contributed by atoms with Gasteiger partial charge in [-0.05, 0) is 96.0 Å². The minimum Gasteiger partial charge on any atom is -0.207 e. The lowest BCUT2D eigenvalue weighted by Crippen LogP contribution is -2.25. The van der Waals surface area contributed by atoms with Gasteiger partial charge in [0.25, 0.3) is 0 Å². The third-order valence-electron chi connectivity index (χ3n) is 7.72. The molecule has 3 nitrogen and oxygen atoms in total. The fourth-order valence-electron chi connectivity index (χ4n) is 6.26. The average Bonchev–Trinajstić information content (AvgIpc) is 3.50. The van der Waals surface area contributed by atoms with Gasteiger partial charge in [-0.2, -0.15) is 4.31 Å². The van der Waals surface area contributed by atoms with Gasteiger partial charge >= 0.3 is 0 Å². The van der Waals surface area contributed by atoms with Gasteiger partial charge in [0, 0.05) is 13.1 Å². The van der Waals surface area contributed by atoms with Gasteiger partial charge in [-0.3, -0.25) is 0 Å². The molecule has 0 saturated heterocycles. The summed E-state index contributed by atoms with van der Waals surface area (Å²) in [4.78, 5) is 0.387. The van der Waals surface area contributed by atoms with Crippen molar-refractivity contribution in [3.8, 4) is 11.1 Å². The Morgan fingerprint density at radius 3 is 2.16 bits per heavy atom. The summed E-state index contributed by atoms with van der Waals surface area (Å²) in [6, 6.07) is 17.8. The van der Waals surface area contributed by atoms with Crippen molar-refractivity contribution in [1.82, 2.24) is 4.31 Å². The molecule has 0 radical (unpaired) electrons. The van der Waals surface area contributed by atoms with E-state index < -0.39 is 10.0 Å². The molecule has 1 aliphatic heterocycles. The maximum Gasteiger partial charge on any atom is 0.243 e. The largest absolute Gasteiger partial charge is 0.243 e. The second-order valence-electron chi connectivity index (χ2n) is 9.44. The zero-order chi connectivity index (χ0) is 21.3. The van der Waals surface area contributed by atoms with Crippen molar-refractivity contribution in [2.75, 3.05) is 0 Å². The first-order chi connectivity index (χ1) is 14.9. The molecule has 0 aromatic heterocycles. The quantitative estimate of drug-likeness (QED) is 0.509. The fraction of sp³-hybridized carbons (Fsp3) is 0.333. The number of hydrogen-bond donors (Lipinski definition) is 0. The number of rotatable bonds is 3. The summed E-state index contributed by atoms with van der Waals surface area (Å²) < 4.78 is 28.7. The third kappa shape index (κ3) is 2.78. The number of nitrogens with zero attached hydrogens (tertiary/aromatic N) is 1. The molecule has 0 amide bonds. The maximum atomic E-state index is 13.5. The number of hydrogen-bond acceptors (Lipinski definition) is 2. The Morgan fingerprint density at radius 2 is 1.45 bits per heavy atom. The summed E-state index contributed by atoms with van der Waals surface area (Å²) in [7, 11) is -3.53. The minimum absolute atomic E-state index is 0.387. The first-order valence-electron chi connectivity index (χ1n) is 11.3. The minimum atomic E-state index is -3.53. The van der Waals surface area contributed by atoms with Gasteiger partial charge in [-0.15, -0.1) is 0 Å². The summed E-state index contributed by atoms with van der Waals surface area (Å²) in [5, 5.41) is 0. The van der Waals surface area contributed by atoms with Crippen LogP contribution in [0.15, 0.2) is 59.5 Å². The first kappa shape index (κ1) is 19.3. The lowest BCUT2D eigenvalue weighted by molar-refractivity contribution is 0.431. The predicted octanol–water partition coefficient (Wildman–Crippen LogP) is 6.04. The van der Waals surface area contributed by atoms with Crippen LogP contribution in [0.1, 0.15) is 64.5 Å². The molecule has 0 spiro atoms. The highest BCUT2D eigenvalue weighted by Crippen LogP contribution is 2.59. The van der Waals surface area contributed by atoms with Crippen LogP contribution >= 0.6 is 0 Å². The smallest absolute Gasteiger partial charge is 0.207 e. The van der Waals surface area contributed by atoms with Crippen molar-refractivity contribution in [2.45, 2.75) is 62.9 Å². The van der Waals surface area contributed by atoms with E-state index in [0.717, 1.165) is 5.56 Å². The first-order valence-corrected chi connectivity index (χ1v) is 12.7. The van der Waals surface area contributed by atoms with Gasteiger partial charge < -0.3 is 0 Å². The molecule has 1 fully saturated rings. The summed E-state index contributed by atoms with van der Waals surface area (Å²) in [5.74, 6) is 1.28. The molecule has 2 aliphatic carbocycles. The third-order valence-corrected chi connectivity index (χ3v) is 9.53. The molecular formula is C27H27NO2S. The van der Waals surface area contributed by atoms with E-state index in [1.165, 1.54) is 58.2 Å². The van der Waals surface area contributed by atoms with Crippen LogP contribution in [0.25, 0.3) is 11.1 Å². The van der Waals surface area contributed by atoms with E-state index in [1.54, 1.807) is 16.4 Å². The van der Waals surface area contributed by atoms with Crippen LogP contribution in [-0.4, -0.2) is 12.7 Å². The Kier molecular flexibility index (Phi) is 4.22. The lowest BCUT2D eigenvalue weighted by atomic mass is 9.79. The number of fused-ring (bicyclic) bond motifs is 6. The normalized spacial score (nSPS) is 22.0. The van der Waals surface area contributed by atoms with Gasteiger partial charge in [-0.25, -0.2) is 8.42 Å². The molecule has 158 valence electrons. The molecule has 6 rings (SSSR count). The Bertz CT molecular complexity index is 1290. The van der Waals surface area contributed by atoms with Crippen molar-refractivity contribution < 1.29 is 8.42 Å². The molecule has 1 heterocycles. The van der Waals surface area contributed by atoms with E-state index in [9.17, 15) is 8.42 Å². The molecule has 31 heavy (non-hydrogen) atoms. The zero-order valence-corrected chi connectivity index (χ0v) is 18.9. The number of sulfonamides is 1. The molecule has 3 aliphatic rings. The highest BCUT2D eigenvalue weighted by atomic mass is 32.2. The molecule has 2 atom stereocenters. The zero-order valence-electron chi connectivity index (χ0n) is 18.1. The van der Waals surface area contributed by atoms with Gasteiger partial charge in [0.05, 0.1) is 4.90 Å². The standard InChI is InChI=1S/C27H27NO2S/c1-17-8-12-22(13-9-17)31(29,30)28-15-23-18(2)25-20-10-11-21(14-20)27(25)26(24(23)16-28)19-6-4-3-5-7-19/h3-9,12-13,20-21H,10-11,14-16H2,1-2H3. The van der Waals surface area contributed by atoms with Crippen LogP contribution in [0.2, 0.25) is 0 Å². The highest BCUT2D eigenvalue weighted by molar-refractivity contribution is 7.89. The van der Waals surface area contributed by atoms with Crippen LogP contribution in [0.3, 0.4) is 0 Å². The van der Waals surface area contributed by atoms with Crippen LogP contribution in [-0.2, 0) is 23.1 Å². The molecular weight excluding hydrogens is 402 g/mol. The molecule has 2 unspecified atom stereocenters. The van der Waals surface area contributed by atoms with Crippen molar-refractivity contribution in [2.24, 2.45) is 0 Å². The van der Waals surface area contributed by atoms with Crippen molar-refractivity contribution in [1.29, 1.82) is 0 Å². The van der Waals surface area contributed by atoms with Crippen LogP contribution < -0.4 is 0 Å². The monoisotopic (exact) mass is 429 g/mol. The van der Waals surface area contributed by atoms with Gasteiger partial charge in [0.2, 0.25) is 10.0 Å². The van der Waals surface area contributed by atoms with E-state index in [-0.39, 0.29) is 0 Å². The summed E-state index contributed by atoms with van der Waals surface area (Å²) >= 11 is 0. The Labute approximate surface area is 184 Å². The van der Waals surface area contributed by atoms with Gasteiger partial charge in [-0.1, -0.05) is 48.0 Å². The highest BCUT2D eigenvalue weighted by Gasteiger charge is 2.44. The number of benzene rings is 3. The molecule has 1 saturated carbocycles. The fourth-order valence-corrected chi connectivity index (χ4v) is 7.63.